The maximum absolute atomic E-state index is 12.1. The lowest BCUT2D eigenvalue weighted by molar-refractivity contribution is -0.119. The fourth-order valence-electron chi connectivity index (χ4n) is 2.49. The number of methoxy groups -OCH3 is 1. The van der Waals surface area contributed by atoms with E-state index < -0.39 is 0 Å². The number of benzene rings is 1. The van der Waals surface area contributed by atoms with Gasteiger partial charge in [0.2, 0.25) is 0 Å². The first kappa shape index (κ1) is 17.3. The molecular weight excluding hydrogens is 290 g/mol. The summed E-state index contributed by atoms with van der Waals surface area (Å²) < 4.78 is 5.13. The van der Waals surface area contributed by atoms with Crippen LogP contribution in [0.25, 0.3) is 0 Å². The molecule has 5 heteroatoms. The van der Waals surface area contributed by atoms with Gasteiger partial charge in [-0.15, -0.1) is 0 Å². The maximum atomic E-state index is 12.1. The third-order valence-corrected chi connectivity index (χ3v) is 3.86. The number of hydrogen-bond donors (Lipinski definition) is 0. The molecule has 0 saturated carbocycles. The molecule has 0 N–H and O–H groups in total. The monoisotopic (exact) mass is 315 g/mol. The van der Waals surface area contributed by atoms with E-state index in [0.29, 0.717) is 5.71 Å². The molecule has 1 heterocycles. The van der Waals surface area contributed by atoms with E-state index >= 15 is 0 Å². The lowest BCUT2D eigenvalue weighted by Gasteiger charge is -2.14. The fraction of sp³-hybridized carbons (Fsp3) is 0.500. The Balaban J connectivity index is 1.84. The van der Waals surface area contributed by atoms with E-state index in [9.17, 15) is 4.79 Å². The number of amides is 1. The summed E-state index contributed by atoms with van der Waals surface area (Å²) in [5, 5.41) is 0. The van der Waals surface area contributed by atoms with Crippen LogP contribution in [-0.4, -0.2) is 56.5 Å². The lowest BCUT2D eigenvalue weighted by atomic mass is 10.1. The van der Waals surface area contributed by atoms with Crippen LogP contribution in [0.15, 0.2) is 34.3 Å². The van der Waals surface area contributed by atoms with Crippen molar-refractivity contribution in [3.8, 4) is 5.75 Å². The second-order valence-electron chi connectivity index (χ2n) is 6.01. The number of hydrogen-bond acceptors (Lipinski definition) is 4. The highest BCUT2D eigenvalue weighted by molar-refractivity contribution is 6.41. The summed E-state index contributed by atoms with van der Waals surface area (Å²) in [6.07, 6.45) is 5.77. The standard InChI is InChI=1S/C18H25N3O2/c1-21(2)12-6-4-5-7-16-18(22)20-17(13-19-16)14-8-10-15(23-3)11-9-14/h8-11,13,16H,4-7,12H2,1-3H3. The molecule has 5 nitrogen and oxygen atoms in total. The summed E-state index contributed by atoms with van der Waals surface area (Å²) in [7, 11) is 5.77. The predicted molar refractivity (Wildman–Crippen MR) is 93.8 cm³/mol. The van der Waals surface area contributed by atoms with Gasteiger partial charge in [-0.05, 0) is 57.7 Å². The van der Waals surface area contributed by atoms with E-state index in [0.717, 1.165) is 43.5 Å². The number of unbranched alkanes of at least 4 members (excludes halogenated alkanes) is 2. The van der Waals surface area contributed by atoms with Crippen LogP contribution in [0, 0.1) is 0 Å². The number of aliphatic imine (C=N–C) groups is 2. The minimum atomic E-state index is -0.309. The van der Waals surface area contributed by atoms with E-state index in [4.69, 9.17) is 4.74 Å². The first-order chi connectivity index (χ1) is 11.1. The molecule has 0 spiro atoms. The smallest absolute Gasteiger partial charge is 0.271 e. The summed E-state index contributed by atoms with van der Waals surface area (Å²) in [4.78, 5) is 22.9. The molecule has 1 aromatic carbocycles. The van der Waals surface area contributed by atoms with Gasteiger partial charge in [0.25, 0.3) is 5.91 Å². The van der Waals surface area contributed by atoms with E-state index in [1.807, 2.05) is 24.3 Å². The number of nitrogens with zero attached hydrogens (tertiary/aromatic N) is 3. The number of carbonyl (C=O) groups is 1. The molecule has 2 rings (SSSR count). The van der Waals surface area contributed by atoms with Crippen LogP contribution in [0.2, 0.25) is 0 Å². The molecule has 0 saturated heterocycles. The average molecular weight is 315 g/mol. The Morgan fingerprint density at radius 3 is 2.48 bits per heavy atom. The summed E-state index contributed by atoms with van der Waals surface area (Å²) in [5.41, 5.74) is 1.51. The Labute approximate surface area is 138 Å². The normalized spacial score (nSPS) is 17.5. The van der Waals surface area contributed by atoms with Gasteiger partial charge >= 0.3 is 0 Å². The minimum absolute atomic E-state index is 0.133. The number of ether oxygens (including phenoxy) is 1. The van der Waals surface area contributed by atoms with E-state index in [-0.39, 0.29) is 11.9 Å². The van der Waals surface area contributed by atoms with Gasteiger partial charge in [-0.3, -0.25) is 9.79 Å². The molecule has 124 valence electrons. The lowest BCUT2D eigenvalue weighted by Crippen LogP contribution is -2.24. The van der Waals surface area contributed by atoms with E-state index in [1.54, 1.807) is 13.3 Å². The van der Waals surface area contributed by atoms with Crippen molar-refractivity contribution in [1.82, 2.24) is 4.90 Å². The number of carbonyl (C=O) groups excluding carboxylic acids is 1. The van der Waals surface area contributed by atoms with Gasteiger partial charge in [-0.25, -0.2) is 4.99 Å². The third-order valence-electron chi connectivity index (χ3n) is 3.86. The van der Waals surface area contributed by atoms with Gasteiger partial charge in [0.15, 0.2) is 0 Å². The summed E-state index contributed by atoms with van der Waals surface area (Å²) in [6, 6.07) is 7.17. The molecule has 1 aromatic rings. The number of rotatable bonds is 8. The molecule has 23 heavy (non-hydrogen) atoms. The first-order valence-corrected chi connectivity index (χ1v) is 8.05. The van der Waals surface area contributed by atoms with Gasteiger partial charge in [-0.2, -0.15) is 0 Å². The van der Waals surface area contributed by atoms with Gasteiger partial charge in [-0.1, -0.05) is 12.8 Å². The van der Waals surface area contributed by atoms with Crippen molar-refractivity contribution in [1.29, 1.82) is 0 Å². The highest BCUT2D eigenvalue weighted by Gasteiger charge is 2.20. The summed E-state index contributed by atoms with van der Waals surface area (Å²) in [6.45, 7) is 1.08. The van der Waals surface area contributed by atoms with E-state index in [2.05, 4.69) is 29.0 Å². The highest BCUT2D eigenvalue weighted by atomic mass is 16.5. The fourth-order valence-corrected chi connectivity index (χ4v) is 2.49. The van der Waals surface area contributed by atoms with Crippen molar-refractivity contribution in [3.63, 3.8) is 0 Å². The molecule has 0 bridgehead atoms. The predicted octanol–water partition coefficient (Wildman–Crippen LogP) is 2.59. The first-order valence-electron chi connectivity index (χ1n) is 8.05. The summed E-state index contributed by atoms with van der Waals surface area (Å²) in [5.74, 6) is 0.648. The third kappa shape index (κ3) is 5.28. The molecular formula is C18H25N3O2. The Kier molecular flexibility index (Phi) is 6.47. The minimum Gasteiger partial charge on any atom is -0.497 e. The average Bonchev–Trinajstić information content (AvgIpc) is 2.55. The van der Waals surface area contributed by atoms with Crippen LogP contribution in [-0.2, 0) is 4.79 Å². The summed E-state index contributed by atoms with van der Waals surface area (Å²) >= 11 is 0. The van der Waals surface area contributed by atoms with Crippen molar-refractivity contribution in [2.75, 3.05) is 27.7 Å². The SMILES string of the molecule is COc1ccc(C2=NC(=O)C(CCCCCN(C)C)N=C2)cc1. The highest BCUT2D eigenvalue weighted by Crippen LogP contribution is 2.16. The van der Waals surface area contributed by atoms with Gasteiger partial charge in [0.05, 0.1) is 12.8 Å². The Bertz CT molecular complexity index is 576. The van der Waals surface area contributed by atoms with Crippen LogP contribution in [0.5, 0.6) is 5.75 Å². The van der Waals surface area contributed by atoms with Gasteiger partial charge in [0, 0.05) is 11.8 Å². The van der Waals surface area contributed by atoms with Crippen molar-refractivity contribution >= 4 is 17.8 Å². The Morgan fingerprint density at radius 1 is 1.13 bits per heavy atom. The van der Waals surface area contributed by atoms with Crippen LogP contribution >= 0.6 is 0 Å². The van der Waals surface area contributed by atoms with E-state index in [1.165, 1.54) is 0 Å². The van der Waals surface area contributed by atoms with Gasteiger partial charge < -0.3 is 9.64 Å². The molecule has 1 amide bonds. The second-order valence-corrected chi connectivity index (χ2v) is 6.01. The molecule has 0 aliphatic carbocycles. The molecule has 0 fully saturated rings. The molecule has 0 aromatic heterocycles. The molecule has 1 unspecified atom stereocenters. The van der Waals surface area contributed by atoms with Crippen LogP contribution in [0.4, 0.5) is 0 Å². The largest absolute Gasteiger partial charge is 0.497 e. The quantitative estimate of drug-likeness (QED) is 0.693. The Hall–Kier alpha value is -2.01. The second kappa shape index (κ2) is 8.58. The molecule has 1 atom stereocenters. The van der Waals surface area contributed by atoms with Crippen molar-refractivity contribution in [3.05, 3.63) is 29.8 Å². The molecule has 1 aliphatic heterocycles. The van der Waals surface area contributed by atoms with Crippen LogP contribution in [0.3, 0.4) is 0 Å². The van der Waals surface area contributed by atoms with Crippen LogP contribution in [0.1, 0.15) is 31.2 Å². The van der Waals surface area contributed by atoms with Gasteiger partial charge in [0.1, 0.15) is 11.8 Å². The van der Waals surface area contributed by atoms with Crippen molar-refractivity contribution < 1.29 is 9.53 Å². The molecule has 1 aliphatic rings. The van der Waals surface area contributed by atoms with Crippen LogP contribution < -0.4 is 4.74 Å². The zero-order chi connectivity index (χ0) is 16.7. The zero-order valence-electron chi connectivity index (χ0n) is 14.2. The zero-order valence-corrected chi connectivity index (χ0v) is 14.2. The van der Waals surface area contributed by atoms with Crippen molar-refractivity contribution in [2.24, 2.45) is 9.98 Å². The topological polar surface area (TPSA) is 54.3 Å². The maximum Gasteiger partial charge on any atom is 0.271 e. The molecule has 0 radical (unpaired) electrons. The van der Waals surface area contributed by atoms with Crippen molar-refractivity contribution in [2.45, 2.75) is 31.7 Å². The Morgan fingerprint density at radius 2 is 1.87 bits per heavy atom.